The van der Waals surface area contributed by atoms with Gasteiger partial charge in [-0.25, -0.2) is 19.2 Å². The van der Waals surface area contributed by atoms with Crippen molar-refractivity contribution in [2.45, 2.75) is 6.92 Å². The predicted octanol–water partition coefficient (Wildman–Crippen LogP) is 3.12. The van der Waals surface area contributed by atoms with Crippen molar-refractivity contribution in [2.75, 3.05) is 13.7 Å². The third-order valence-electron chi connectivity index (χ3n) is 2.65. The van der Waals surface area contributed by atoms with Crippen LogP contribution >= 0.6 is 11.6 Å². The fraction of sp³-hybridized carbons (Fsp3) is 0.214. The normalized spacial score (nSPS) is 10.3. The molecule has 0 N–H and O–H groups in total. The van der Waals surface area contributed by atoms with Gasteiger partial charge in [-0.05, 0) is 25.1 Å². The minimum atomic E-state index is -0.592. The van der Waals surface area contributed by atoms with Gasteiger partial charge in [0.15, 0.2) is 17.4 Å². The molecule has 7 heteroatoms. The van der Waals surface area contributed by atoms with Crippen LogP contribution in [0.5, 0.6) is 5.75 Å². The van der Waals surface area contributed by atoms with Crippen LogP contribution in [0, 0.1) is 5.82 Å². The number of hydrogen-bond donors (Lipinski definition) is 0. The van der Waals surface area contributed by atoms with Crippen molar-refractivity contribution in [1.29, 1.82) is 0 Å². The smallest absolute Gasteiger partial charge is 0.342 e. The maximum absolute atomic E-state index is 13.4. The van der Waals surface area contributed by atoms with Crippen LogP contribution in [0.1, 0.15) is 17.3 Å². The maximum Gasteiger partial charge on any atom is 0.342 e. The van der Waals surface area contributed by atoms with E-state index in [0.29, 0.717) is 5.56 Å². The summed E-state index contributed by atoms with van der Waals surface area (Å²) >= 11 is 5.96. The second-order valence-electron chi connectivity index (χ2n) is 3.97. The lowest BCUT2D eigenvalue weighted by atomic mass is 10.2. The Morgan fingerprint density at radius 1 is 1.43 bits per heavy atom. The number of nitrogens with zero attached hydrogens (tertiary/aromatic N) is 2. The molecule has 0 spiro atoms. The zero-order valence-corrected chi connectivity index (χ0v) is 12.1. The number of carbonyl (C=O) groups is 1. The largest absolute Gasteiger partial charge is 0.494 e. The monoisotopic (exact) mass is 310 g/mol. The van der Waals surface area contributed by atoms with Gasteiger partial charge in [0.05, 0.1) is 13.7 Å². The Kier molecular flexibility index (Phi) is 4.70. The first-order chi connectivity index (χ1) is 10.1. The lowest BCUT2D eigenvalue weighted by Gasteiger charge is -2.07. The quantitative estimate of drug-likeness (QED) is 0.641. The van der Waals surface area contributed by atoms with Crippen molar-refractivity contribution < 1.29 is 18.7 Å². The van der Waals surface area contributed by atoms with Crippen LogP contribution in [0.25, 0.3) is 11.4 Å². The van der Waals surface area contributed by atoms with Gasteiger partial charge in [-0.1, -0.05) is 11.6 Å². The van der Waals surface area contributed by atoms with Crippen molar-refractivity contribution >= 4 is 17.6 Å². The van der Waals surface area contributed by atoms with Crippen molar-refractivity contribution in [3.05, 3.63) is 40.9 Å². The van der Waals surface area contributed by atoms with Gasteiger partial charge in [0, 0.05) is 11.8 Å². The number of methoxy groups -OCH3 is 1. The summed E-state index contributed by atoms with van der Waals surface area (Å²) in [6.45, 7) is 1.91. The number of rotatable bonds is 4. The lowest BCUT2D eigenvalue weighted by molar-refractivity contribution is 0.0525. The van der Waals surface area contributed by atoms with Crippen LogP contribution < -0.4 is 4.74 Å². The molecule has 2 aromatic rings. The highest BCUT2D eigenvalue weighted by Crippen LogP contribution is 2.25. The Hall–Kier alpha value is -2.21. The van der Waals surface area contributed by atoms with E-state index in [9.17, 15) is 9.18 Å². The van der Waals surface area contributed by atoms with Gasteiger partial charge in [0.25, 0.3) is 0 Å². The Bertz CT molecular complexity index is 679. The molecule has 1 aromatic carbocycles. The number of aromatic nitrogens is 2. The average molecular weight is 311 g/mol. The summed E-state index contributed by atoms with van der Waals surface area (Å²) in [5.74, 6) is -0.755. The first kappa shape index (κ1) is 15.2. The number of esters is 1. The Labute approximate surface area is 125 Å². The van der Waals surface area contributed by atoms with Crippen LogP contribution in [-0.2, 0) is 4.74 Å². The van der Waals surface area contributed by atoms with E-state index in [-0.39, 0.29) is 28.9 Å². The van der Waals surface area contributed by atoms with Crippen molar-refractivity contribution in [3.8, 4) is 17.1 Å². The second kappa shape index (κ2) is 6.49. The molecule has 1 aromatic heterocycles. The zero-order chi connectivity index (χ0) is 15.4. The van der Waals surface area contributed by atoms with E-state index in [4.69, 9.17) is 21.1 Å². The van der Waals surface area contributed by atoms with Gasteiger partial charge >= 0.3 is 5.97 Å². The highest BCUT2D eigenvalue weighted by molar-refractivity contribution is 6.32. The fourth-order valence-electron chi connectivity index (χ4n) is 1.64. The molecule has 5 nitrogen and oxygen atoms in total. The molecule has 0 aliphatic heterocycles. The van der Waals surface area contributed by atoms with Gasteiger partial charge in [0.1, 0.15) is 10.7 Å². The molecule has 2 rings (SSSR count). The van der Waals surface area contributed by atoms with Crippen LogP contribution in [0.15, 0.2) is 24.4 Å². The summed E-state index contributed by atoms with van der Waals surface area (Å²) in [7, 11) is 1.36. The van der Waals surface area contributed by atoms with Crippen molar-refractivity contribution in [1.82, 2.24) is 9.97 Å². The minimum absolute atomic E-state index is 0.0262. The average Bonchev–Trinajstić information content (AvgIpc) is 2.47. The Morgan fingerprint density at radius 3 is 2.81 bits per heavy atom. The fourth-order valence-corrected chi connectivity index (χ4v) is 1.85. The van der Waals surface area contributed by atoms with E-state index >= 15 is 0 Å². The molecule has 21 heavy (non-hydrogen) atoms. The lowest BCUT2D eigenvalue weighted by Crippen LogP contribution is -2.07. The zero-order valence-electron chi connectivity index (χ0n) is 11.4. The molecular weight excluding hydrogens is 299 g/mol. The molecule has 0 bridgehead atoms. The molecule has 0 fully saturated rings. The van der Waals surface area contributed by atoms with E-state index in [1.807, 2.05) is 0 Å². The van der Waals surface area contributed by atoms with Gasteiger partial charge in [0.2, 0.25) is 0 Å². The predicted molar refractivity (Wildman–Crippen MR) is 74.9 cm³/mol. The molecule has 0 saturated heterocycles. The highest BCUT2D eigenvalue weighted by Gasteiger charge is 2.15. The summed E-state index contributed by atoms with van der Waals surface area (Å²) in [6.07, 6.45) is 1.28. The summed E-state index contributed by atoms with van der Waals surface area (Å²) in [4.78, 5) is 19.7. The summed E-state index contributed by atoms with van der Waals surface area (Å²) in [5, 5.41) is -0.0262. The minimum Gasteiger partial charge on any atom is -0.494 e. The Balaban J connectivity index is 2.38. The molecule has 0 atom stereocenters. The molecule has 0 amide bonds. The third kappa shape index (κ3) is 3.28. The van der Waals surface area contributed by atoms with Crippen LogP contribution in [0.2, 0.25) is 5.15 Å². The Morgan fingerprint density at radius 2 is 2.19 bits per heavy atom. The number of hydrogen-bond acceptors (Lipinski definition) is 5. The van der Waals surface area contributed by atoms with Crippen LogP contribution in [0.3, 0.4) is 0 Å². The molecule has 0 radical (unpaired) electrons. The maximum atomic E-state index is 13.4. The second-order valence-corrected chi connectivity index (χ2v) is 4.33. The van der Waals surface area contributed by atoms with E-state index in [1.165, 1.54) is 31.5 Å². The van der Waals surface area contributed by atoms with E-state index in [0.717, 1.165) is 0 Å². The molecule has 0 aliphatic rings. The van der Waals surface area contributed by atoms with E-state index < -0.39 is 11.8 Å². The number of benzene rings is 1. The summed E-state index contributed by atoms with van der Waals surface area (Å²) in [5.41, 5.74) is 0.599. The van der Waals surface area contributed by atoms with Gasteiger partial charge < -0.3 is 9.47 Å². The summed E-state index contributed by atoms with van der Waals surface area (Å²) < 4.78 is 23.1. The van der Waals surface area contributed by atoms with Crippen molar-refractivity contribution in [3.63, 3.8) is 0 Å². The van der Waals surface area contributed by atoms with Gasteiger partial charge in [-0.2, -0.15) is 0 Å². The van der Waals surface area contributed by atoms with E-state index in [2.05, 4.69) is 9.97 Å². The number of ether oxygens (including phenoxy) is 2. The third-order valence-corrected chi connectivity index (χ3v) is 2.94. The number of carbonyl (C=O) groups excluding carboxylic acids is 1. The van der Waals surface area contributed by atoms with E-state index in [1.54, 1.807) is 6.92 Å². The van der Waals surface area contributed by atoms with Gasteiger partial charge in [-0.3, -0.25) is 0 Å². The molecule has 110 valence electrons. The van der Waals surface area contributed by atoms with Crippen LogP contribution in [-0.4, -0.2) is 29.7 Å². The van der Waals surface area contributed by atoms with Crippen LogP contribution in [0.4, 0.5) is 4.39 Å². The number of halogens is 2. The van der Waals surface area contributed by atoms with Gasteiger partial charge in [-0.15, -0.1) is 0 Å². The topological polar surface area (TPSA) is 61.3 Å². The molecule has 0 unspecified atom stereocenters. The molecule has 1 heterocycles. The standard InChI is InChI=1S/C14H12ClFN2O3/c1-3-21-14(19)9-7-17-13(18-12(9)15)8-4-5-10(16)11(6-8)20-2/h4-7H,3H2,1-2H3. The molecule has 0 saturated carbocycles. The SMILES string of the molecule is CCOC(=O)c1cnc(-c2ccc(F)c(OC)c2)nc1Cl. The first-order valence-corrected chi connectivity index (χ1v) is 6.48. The highest BCUT2D eigenvalue weighted by atomic mass is 35.5. The first-order valence-electron chi connectivity index (χ1n) is 6.10. The van der Waals surface area contributed by atoms with Crippen molar-refractivity contribution in [2.24, 2.45) is 0 Å². The summed E-state index contributed by atoms with van der Waals surface area (Å²) in [6, 6.07) is 4.18. The molecular formula is C14H12ClFN2O3. The molecule has 0 aliphatic carbocycles.